The Morgan fingerprint density at radius 3 is 2.62 bits per heavy atom. The van der Waals surface area contributed by atoms with Crippen molar-refractivity contribution in [2.45, 2.75) is 37.0 Å². The Hall–Kier alpha value is -1.11. The molecule has 1 saturated carbocycles. The molecule has 1 aliphatic heterocycles. The minimum atomic E-state index is -3.69. The molecule has 2 aliphatic rings. The topological polar surface area (TPSA) is 66.5 Å². The molecule has 0 aromatic heterocycles. The van der Waals surface area contributed by atoms with E-state index in [1.165, 1.54) is 44.9 Å². The monoisotopic (exact) mass is 370 g/mol. The van der Waals surface area contributed by atoms with Crippen LogP contribution in [0.2, 0.25) is 5.02 Å². The Kier molecular flexibility index (Phi) is 5.18. The van der Waals surface area contributed by atoms with Crippen LogP contribution >= 0.6 is 11.6 Å². The van der Waals surface area contributed by atoms with Crippen LogP contribution in [0.3, 0.4) is 0 Å². The van der Waals surface area contributed by atoms with Crippen molar-refractivity contribution in [3.8, 4) is 0 Å². The van der Waals surface area contributed by atoms with Gasteiger partial charge in [0.25, 0.3) is 5.91 Å². The summed E-state index contributed by atoms with van der Waals surface area (Å²) in [5, 5.41) is 0.117. The summed E-state index contributed by atoms with van der Waals surface area (Å²) in [6.45, 7) is 1.52. The van der Waals surface area contributed by atoms with Gasteiger partial charge in [0.1, 0.15) is 4.90 Å². The van der Waals surface area contributed by atoms with Gasteiger partial charge >= 0.3 is 0 Å². The molecular weight excluding hydrogens is 348 g/mol. The first-order valence-corrected chi connectivity index (χ1v) is 10.3. The minimum Gasteiger partial charge on any atom is -0.338 e. The van der Waals surface area contributed by atoms with Crippen LogP contribution in [0.15, 0.2) is 23.1 Å². The van der Waals surface area contributed by atoms with Crippen molar-refractivity contribution in [3.63, 3.8) is 0 Å². The average molecular weight is 371 g/mol. The zero-order valence-corrected chi connectivity index (χ0v) is 15.4. The molecule has 0 unspecified atom stereocenters. The van der Waals surface area contributed by atoms with Crippen molar-refractivity contribution in [2.24, 2.45) is 11.8 Å². The Balaban J connectivity index is 1.81. The smallest absolute Gasteiger partial charge is 0.253 e. The van der Waals surface area contributed by atoms with Gasteiger partial charge in [-0.15, -0.1) is 0 Å². The van der Waals surface area contributed by atoms with Crippen LogP contribution in [0.1, 0.15) is 42.5 Å². The van der Waals surface area contributed by atoms with Crippen LogP contribution in [-0.4, -0.2) is 39.4 Å². The highest BCUT2D eigenvalue weighted by atomic mass is 35.5. The van der Waals surface area contributed by atoms with Gasteiger partial charge in [-0.25, -0.2) is 13.1 Å². The molecule has 1 N–H and O–H groups in total. The second kappa shape index (κ2) is 7.02. The summed E-state index contributed by atoms with van der Waals surface area (Å²) in [6.07, 6.45) is 6.06. The molecular formula is C17H23ClN2O3S. The van der Waals surface area contributed by atoms with Crippen LogP contribution in [0.5, 0.6) is 0 Å². The van der Waals surface area contributed by atoms with E-state index in [0.717, 1.165) is 25.4 Å². The fourth-order valence-corrected chi connectivity index (χ4v) is 5.17. The summed E-state index contributed by atoms with van der Waals surface area (Å²) in [4.78, 5) is 14.6. The lowest BCUT2D eigenvalue weighted by atomic mass is 9.75. The summed E-state index contributed by atoms with van der Waals surface area (Å²) in [6, 6.07) is 4.46. The molecule has 1 amide bonds. The number of halogens is 1. The molecule has 1 aromatic carbocycles. The van der Waals surface area contributed by atoms with Crippen LogP contribution < -0.4 is 4.72 Å². The van der Waals surface area contributed by atoms with Crippen LogP contribution in [0, 0.1) is 11.8 Å². The molecule has 1 aliphatic carbocycles. The molecule has 5 nitrogen and oxygen atoms in total. The van der Waals surface area contributed by atoms with Crippen molar-refractivity contribution >= 4 is 27.5 Å². The summed E-state index contributed by atoms with van der Waals surface area (Å²) in [5.74, 6) is 1.22. The van der Waals surface area contributed by atoms with Crippen molar-refractivity contribution < 1.29 is 13.2 Å². The highest BCUT2D eigenvalue weighted by Crippen LogP contribution is 2.36. The van der Waals surface area contributed by atoms with Gasteiger partial charge in [0.15, 0.2) is 0 Å². The van der Waals surface area contributed by atoms with Gasteiger partial charge in [-0.3, -0.25) is 4.79 Å². The Morgan fingerprint density at radius 1 is 1.21 bits per heavy atom. The number of amides is 1. The zero-order chi connectivity index (χ0) is 17.3. The first-order valence-electron chi connectivity index (χ1n) is 8.45. The third-order valence-electron chi connectivity index (χ3n) is 5.31. The number of fused-ring (bicyclic) bond motifs is 1. The number of carbonyl (C=O) groups excluding carboxylic acids is 1. The molecule has 2 fully saturated rings. The standard InChI is InChI=1S/C17H23ClN2O3S/c1-19-24(22,23)16-10-13(6-7-15(16)18)17(21)20-9-8-12-4-2-3-5-14(12)11-20/h6-7,10,12,14,19H,2-5,8-9,11H2,1H3/t12-,14-/m0/s1. The van der Waals surface area contributed by atoms with E-state index in [4.69, 9.17) is 11.6 Å². The summed E-state index contributed by atoms with van der Waals surface area (Å²) in [5.41, 5.74) is 0.377. The number of nitrogens with one attached hydrogen (secondary N) is 1. The number of rotatable bonds is 3. The largest absolute Gasteiger partial charge is 0.338 e. The lowest BCUT2D eigenvalue weighted by Gasteiger charge is -2.41. The molecule has 7 heteroatoms. The first-order chi connectivity index (χ1) is 11.4. The highest BCUT2D eigenvalue weighted by Gasteiger charge is 2.33. The van der Waals surface area contributed by atoms with Gasteiger partial charge in [0.2, 0.25) is 10.0 Å². The van der Waals surface area contributed by atoms with Gasteiger partial charge in [-0.05, 0) is 49.9 Å². The third kappa shape index (κ3) is 3.46. The lowest BCUT2D eigenvalue weighted by Crippen LogP contribution is -2.44. The number of piperidine rings is 1. The van der Waals surface area contributed by atoms with Crippen LogP contribution in [-0.2, 0) is 10.0 Å². The fourth-order valence-electron chi connectivity index (χ4n) is 3.92. The molecule has 24 heavy (non-hydrogen) atoms. The van der Waals surface area contributed by atoms with E-state index in [9.17, 15) is 13.2 Å². The molecule has 0 bridgehead atoms. The molecule has 1 aromatic rings. The molecule has 1 saturated heterocycles. The third-order valence-corrected chi connectivity index (χ3v) is 7.21. The Morgan fingerprint density at radius 2 is 1.92 bits per heavy atom. The molecule has 2 atom stereocenters. The number of benzene rings is 1. The maximum atomic E-state index is 12.8. The summed E-state index contributed by atoms with van der Waals surface area (Å²) in [7, 11) is -2.36. The number of hydrogen-bond donors (Lipinski definition) is 1. The van der Waals surface area contributed by atoms with Crippen LogP contribution in [0.25, 0.3) is 0 Å². The van der Waals surface area contributed by atoms with E-state index < -0.39 is 10.0 Å². The zero-order valence-electron chi connectivity index (χ0n) is 13.8. The summed E-state index contributed by atoms with van der Waals surface area (Å²) >= 11 is 6.00. The molecule has 132 valence electrons. The van der Waals surface area contributed by atoms with Crippen molar-refractivity contribution in [3.05, 3.63) is 28.8 Å². The molecule has 0 radical (unpaired) electrons. The molecule has 0 spiro atoms. The Bertz CT molecular complexity index is 735. The van der Waals surface area contributed by atoms with Gasteiger partial charge in [0, 0.05) is 18.7 Å². The van der Waals surface area contributed by atoms with E-state index in [0.29, 0.717) is 11.5 Å². The normalized spacial score (nSPS) is 24.5. The first kappa shape index (κ1) is 17.7. The van der Waals surface area contributed by atoms with Gasteiger partial charge in [-0.2, -0.15) is 0 Å². The second-order valence-electron chi connectivity index (χ2n) is 6.70. The second-order valence-corrected chi connectivity index (χ2v) is 8.96. The number of carbonyl (C=O) groups is 1. The van der Waals surface area contributed by atoms with E-state index in [1.807, 2.05) is 4.90 Å². The van der Waals surface area contributed by atoms with Gasteiger partial charge < -0.3 is 4.90 Å². The number of sulfonamides is 1. The van der Waals surface area contributed by atoms with E-state index >= 15 is 0 Å². The fraction of sp³-hybridized carbons (Fsp3) is 0.588. The quantitative estimate of drug-likeness (QED) is 0.889. The van der Waals surface area contributed by atoms with E-state index in [2.05, 4.69) is 4.72 Å². The van der Waals surface area contributed by atoms with E-state index in [-0.39, 0.29) is 15.8 Å². The molecule has 3 rings (SSSR count). The van der Waals surface area contributed by atoms with Gasteiger partial charge in [-0.1, -0.05) is 30.9 Å². The number of nitrogens with zero attached hydrogens (tertiary/aromatic N) is 1. The lowest BCUT2D eigenvalue weighted by molar-refractivity contribution is 0.0520. The average Bonchev–Trinajstić information content (AvgIpc) is 2.61. The predicted octanol–water partition coefficient (Wildman–Crippen LogP) is 2.90. The van der Waals surface area contributed by atoms with Crippen molar-refractivity contribution in [2.75, 3.05) is 20.1 Å². The Labute approximate surface area is 148 Å². The number of likely N-dealkylation sites (tertiary alicyclic amines) is 1. The van der Waals surface area contributed by atoms with Crippen LogP contribution in [0.4, 0.5) is 0 Å². The predicted molar refractivity (Wildman–Crippen MR) is 93.7 cm³/mol. The maximum absolute atomic E-state index is 12.8. The van der Waals surface area contributed by atoms with E-state index in [1.54, 1.807) is 6.07 Å². The van der Waals surface area contributed by atoms with Gasteiger partial charge in [0.05, 0.1) is 5.02 Å². The minimum absolute atomic E-state index is 0.0509. The maximum Gasteiger partial charge on any atom is 0.253 e. The molecule has 1 heterocycles. The summed E-state index contributed by atoms with van der Waals surface area (Å²) < 4.78 is 26.3. The van der Waals surface area contributed by atoms with Crippen molar-refractivity contribution in [1.82, 2.24) is 9.62 Å². The van der Waals surface area contributed by atoms with Crippen molar-refractivity contribution in [1.29, 1.82) is 0 Å². The highest BCUT2D eigenvalue weighted by molar-refractivity contribution is 7.89. The SMILES string of the molecule is CNS(=O)(=O)c1cc(C(=O)N2CC[C@@H]3CCCC[C@H]3C2)ccc1Cl. The number of hydrogen-bond acceptors (Lipinski definition) is 3.